The average molecular weight is 235 g/mol. The summed E-state index contributed by atoms with van der Waals surface area (Å²) in [6.45, 7) is 6.32. The monoisotopic (exact) mass is 235 g/mol. The number of rotatable bonds is 4. The zero-order valence-electron chi connectivity index (χ0n) is 10.8. The van der Waals surface area contributed by atoms with Crippen LogP contribution in [0.15, 0.2) is 18.2 Å². The van der Waals surface area contributed by atoms with Crippen molar-refractivity contribution in [1.82, 2.24) is 5.32 Å². The molecular weight excluding hydrogens is 213 g/mol. The van der Waals surface area contributed by atoms with Gasteiger partial charge in [0, 0.05) is 0 Å². The lowest BCUT2D eigenvalue weighted by Gasteiger charge is -2.22. The van der Waals surface area contributed by atoms with Crippen molar-refractivity contribution in [1.29, 1.82) is 0 Å². The first-order valence-corrected chi connectivity index (χ1v) is 6.69. The third kappa shape index (κ3) is 2.86. The molecule has 1 fully saturated rings. The maximum atomic E-state index is 13.4. The highest BCUT2D eigenvalue weighted by molar-refractivity contribution is 5.31. The van der Waals surface area contributed by atoms with Crippen molar-refractivity contribution in [2.75, 3.05) is 13.1 Å². The fourth-order valence-electron chi connectivity index (χ4n) is 3.03. The SMILES string of the molecule is CCNCC1CCCC1c1cc(F)ccc1C. The van der Waals surface area contributed by atoms with Gasteiger partial charge in [0.2, 0.25) is 0 Å². The molecule has 0 radical (unpaired) electrons. The van der Waals surface area contributed by atoms with E-state index in [1.807, 2.05) is 6.07 Å². The summed E-state index contributed by atoms with van der Waals surface area (Å²) in [7, 11) is 0. The Labute approximate surface area is 103 Å². The number of hydrogen-bond donors (Lipinski definition) is 1. The number of benzene rings is 1. The summed E-state index contributed by atoms with van der Waals surface area (Å²) in [6, 6.07) is 5.21. The van der Waals surface area contributed by atoms with Gasteiger partial charge in [-0.3, -0.25) is 0 Å². The first-order chi connectivity index (χ1) is 8.22. The van der Waals surface area contributed by atoms with Crippen LogP contribution in [0.25, 0.3) is 0 Å². The molecule has 0 aromatic heterocycles. The number of aryl methyl sites for hydroxylation is 1. The minimum atomic E-state index is -0.0975. The van der Waals surface area contributed by atoms with Gasteiger partial charge in [0.05, 0.1) is 0 Å². The molecular formula is C15H22FN. The van der Waals surface area contributed by atoms with Gasteiger partial charge in [-0.25, -0.2) is 4.39 Å². The Morgan fingerprint density at radius 1 is 1.35 bits per heavy atom. The molecule has 1 N–H and O–H groups in total. The summed E-state index contributed by atoms with van der Waals surface area (Å²) in [6.07, 6.45) is 3.75. The van der Waals surface area contributed by atoms with Crippen LogP contribution in [-0.2, 0) is 0 Å². The number of hydrogen-bond acceptors (Lipinski definition) is 1. The van der Waals surface area contributed by atoms with Crippen LogP contribution in [0, 0.1) is 18.7 Å². The molecule has 1 aliphatic rings. The highest BCUT2D eigenvalue weighted by Crippen LogP contribution is 2.40. The predicted octanol–water partition coefficient (Wildman–Crippen LogP) is 3.63. The van der Waals surface area contributed by atoms with E-state index in [0.717, 1.165) is 13.1 Å². The van der Waals surface area contributed by atoms with Crippen LogP contribution >= 0.6 is 0 Å². The van der Waals surface area contributed by atoms with Crippen LogP contribution in [0.3, 0.4) is 0 Å². The van der Waals surface area contributed by atoms with Gasteiger partial charge in [-0.1, -0.05) is 19.4 Å². The van der Waals surface area contributed by atoms with Gasteiger partial charge < -0.3 is 5.32 Å². The Hall–Kier alpha value is -0.890. The summed E-state index contributed by atoms with van der Waals surface area (Å²) in [5.74, 6) is 1.12. The highest BCUT2D eigenvalue weighted by Gasteiger charge is 2.29. The molecule has 94 valence electrons. The van der Waals surface area contributed by atoms with Crippen LogP contribution in [0.2, 0.25) is 0 Å². The number of nitrogens with one attached hydrogen (secondary N) is 1. The van der Waals surface area contributed by atoms with Gasteiger partial charge in [0.25, 0.3) is 0 Å². The molecule has 1 nitrogen and oxygen atoms in total. The van der Waals surface area contributed by atoms with E-state index in [0.29, 0.717) is 11.8 Å². The first-order valence-electron chi connectivity index (χ1n) is 6.69. The van der Waals surface area contributed by atoms with Crippen LogP contribution in [0.4, 0.5) is 4.39 Å². The van der Waals surface area contributed by atoms with Crippen molar-refractivity contribution >= 4 is 0 Å². The Morgan fingerprint density at radius 2 is 2.18 bits per heavy atom. The van der Waals surface area contributed by atoms with E-state index >= 15 is 0 Å². The van der Waals surface area contributed by atoms with Crippen LogP contribution in [0.5, 0.6) is 0 Å². The van der Waals surface area contributed by atoms with E-state index in [2.05, 4.69) is 19.2 Å². The molecule has 0 saturated heterocycles. The third-order valence-corrected chi connectivity index (χ3v) is 3.96. The molecule has 0 amide bonds. The molecule has 2 atom stereocenters. The lowest BCUT2D eigenvalue weighted by Crippen LogP contribution is -2.24. The maximum Gasteiger partial charge on any atom is 0.123 e. The molecule has 2 heteroatoms. The molecule has 0 heterocycles. The molecule has 1 aromatic carbocycles. The van der Waals surface area contributed by atoms with Gasteiger partial charge in [0.1, 0.15) is 5.82 Å². The Balaban J connectivity index is 2.16. The van der Waals surface area contributed by atoms with Crippen LogP contribution in [-0.4, -0.2) is 13.1 Å². The van der Waals surface area contributed by atoms with E-state index in [1.165, 1.54) is 30.4 Å². The van der Waals surface area contributed by atoms with E-state index < -0.39 is 0 Å². The third-order valence-electron chi connectivity index (χ3n) is 3.96. The van der Waals surface area contributed by atoms with Gasteiger partial charge in [-0.05, 0) is 68.0 Å². The van der Waals surface area contributed by atoms with E-state index in [4.69, 9.17) is 0 Å². The largest absolute Gasteiger partial charge is 0.317 e. The van der Waals surface area contributed by atoms with Crippen molar-refractivity contribution in [3.63, 3.8) is 0 Å². The summed E-state index contributed by atoms with van der Waals surface area (Å²) in [5, 5.41) is 3.43. The number of halogens is 1. The van der Waals surface area contributed by atoms with Gasteiger partial charge in [-0.2, -0.15) is 0 Å². The average Bonchev–Trinajstić information content (AvgIpc) is 2.77. The summed E-state index contributed by atoms with van der Waals surface area (Å²) < 4.78 is 13.4. The lowest BCUT2D eigenvalue weighted by atomic mass is 9.86. The first kappa shape index (κ1) is 12.6. The van der Waals surface area contributed by atoms with E-state index in [-0.39, 0.29) is 5.82 Å². The molecule has 0 spiro atoms. The Bertz CT molecular complexity index is 375. The molecule has 1 saturated carbocycles. The quantitative estimate of drug-likeness (QED) is 0.840. The second-order valence-electron chi connectivity index (χ2n) is 5.11. The minimum absolute atomic E-state index is 0.0975. The molecule has 1 aliphatic carbocycles. The van der Waals surface area contributed by atoms with E-state index in [1.54, 1.807) is 12.1 Å². The second kappa shape index (κ2) is 5.63. The highest BCUT2D eigenvalue weighted by atomic mass is 19.1. The summed E-state index contributed by atoms with van der Waals surface area (Å²) in [4.78, 5) is 0. The molecule has 0 aliphatic heterocycles. The van der Waals surface area contributed by atoms with Crippen LogP contribution in [0.1, 0.15) is 43.2 Å². The van der Waals surface area contributed by atoms with Crippen molar-refractivity contribution < 1.29 is 4.39 Å². The molecule has 0 bridgehead atoms. The van der Waals surface area contributed by atoms with Crippen molar-refractivity contribution in [2.24, 2.45) is 5.92 Å². The van der Waals surface area contributed by atoms with Crippen molar-refractivity contribution in [3.8, 4) is 0 Å². The molecule has 2 unspecified atom stereocenters. The zero-order valence-corrected chi connectivity index (χ0v) is 10.8. The predicted molar refractivity (Wildman–Crippen MR) is 69.8 cm³/mol. The minimum Gasteiger partial charge on any atom is -0.317 e. The topological polar surface area (TPSA) is 12.0 Å². The molecule has 1 aromatic rings. The standard InChI is InChI=1S/C15H22FN/c1-3-17-10-12-5-4-6-14(12)15-9-13(16)8-7-11(15)2/h7-9,12,14,17H,3-6,10H2,1-2H3. The maximum absolute atomic E-state index is 13.4. The Morgan fingerprint density at radius 3 is 2.94 bits per heavy atom. The van der Waals surface area contributed by atoms with Crippen molar-refractivity contribution in [2.45, 2.75) is 39.0 Å². The Kier molecular flexibility index (Phi) is 4.16. The zero-order chi connectivity index (χ0) is 12.3. The van der Waals surface area contributed by atoms with Gasteiger partial charge >= 0.3 is 0 Å². The smallest absolute Gasteiger partial charge is 0.123 e. The normalized spacial score (nSPS) is 24.2. The van der Waals surface area contributed by atoms with Gasteiger partial charge in [0.15, 0.2) is 0 Å². The fourth-order valence-corrected chi connectivity index (χ4v) is 3.03. The lowest BCUT2D eigenvalue weighted by molar-refractivity contribution is 0.448. The van der Waals surface area contributed by atoms with Gasteiger partial charge in [-0.15, -0.1) is 0 Å². The summed E-state index contributed by atoms with van der Waals surface area (Å²) >= 11 is 0. The van der Waals surface area contributed by atoms with E-state index in [9.17, 15) is 4.39 Å². The van der Waals surface area contributed by atoms with Crippen LogP contribution < -0.4 is 5.32 Å². The van der Waals surface area contributed by atoms with Crippen molar-refractivity contribution in [3.05, 3.63) is 35.1 Å². The molecule has 2 rings (SSSR count). The molecule has 17 heavy (non-hydrogen) atoms. The fraction of sp³-hybridized carbons (Fsp3) is 0.600. The summed E-state index contributed by atoms with van der Waals surface area (Å²) in [5.41, 5.74) is 2.46. The second-order valence-corrected chi connectivity index (χ2v) is 5.11.